The van der Waals surface area contributed by atoms with Crippen molar-refractivity contribution in [2.75, 3.05) is 0 Å². The average molecular weight is 327 g/mol. The van der Waals surface area contributed by atoms with Crippen molar-refractivity contribution in [3.8, 4) is 11.6 Å². The molecule has 2 nitrogen and oxygen atoms in total. The summed E-state index contributed by atoms with van der Waals surface area (Å²) in [7, 11) is 0. The highest BCUT2D eigenvalue weighted by Gasteiger charge is 2.09. The zero-order valence-electron chi connectivity index (χ0n) is 10.2. The fraction of sp³-hybridized carbons (Fsp3) is 0.214. The highest BCUT2D eigenvalue weighted by atomic mass is 79.9. The summed E-state index contributed by atoms with van der Waals surface area (Å²) in [5.74, 6) is 1.74. The number of rotatable bonds is 3. The molecule has 94 valence electrons. The molecule has 0 aliphatic carbocycles. The summed E-state index contributed by atoms with van der Waals surface area (Å²) in [6.07, 6.45) is 1.70. The SMILES string of the molecule is Cc1cccc(Oc2ncc(Br)cc2CCl)c1C. The van der Waals surface area contributed by atoms with Gasteiger partial charge in [-0.3, -0.25) is 0 Å². The van der Waals surface area contributed by atoms with Gasteiger partial charge in [-0.2, -0.15) is 0 Å². The number of pyridine rings is 1. The predicted molar refractivity (Wildman–Crippen MR) is 77.5 cm³/mol. The van der Waals surface area contributed by atoms with E-state index in [1.807, 2.05) is 25.1 Å². The van der Waals surface area contributed by atoms with Crippen LogP contribution < -0.4 is 4.74 Å². The van der Waals surface area contributed by atoms with Gasteiger partial charge in [-0.25, -0.2) is 4.98 Å². The summed E-state index contributed by atoms with van der Waals surface area (Å²) < 4.78 is 6.75. The number of aromatic nitrogens is 1. The van der Waals surface area contributed by atoms with Crippen molar-refractivity contribution in [3.63, 3.8) is 0 Å². The zero-order chi connectivity index (χ0) is 13.1. The van der Waals surface area contributed by atoms with Crippen molar-refractivity contribution >= 4 is 27.5 Å². The van der Waals surface area contributed by atoms with Crippen molar-refractivity contribution in [3.05, 3.63) is 51.6 Å². The second-order valence-electron chi connectivity index (χ2n) is 4.05. The molecule has 0 aliphatic heterocycles. The number of alkyl halides is 1. The van der Waals surface area contributed by atoms with Crippen LogP contribution in [0.1, 0.15) is 16.7 Å². The molecule has 0 bridgehead atoms. The van der Waals surface area contributed by atoms with Crippen LogP contribution in [0.15, 0.2) is 34.9 Å². The molecule has 1 aromatic heterocycles. The van der Waals surface area contributed by atoms with E-state index in [0.717, 1.165) is 21.3 Å². The molecule has 0 radical (unpaired) electrons. The number of nitrogens with zero attached hydrogens (tertiary/aromatic N) is 1. The molecule has 4 heteroatoms. The Bertz CT molecular complexity index is 572. The van der Waals surface area contributed by atoms with Gasteiger partial charge in [0.05, 0.1) is 5.88 Å². The van der Waals surface area contributed by atoms with Gasteiger partial charge in [0, 0.05) is 16.2 Å². The molecule has 18 heavy (non-hydrogen) atoms. The number of hydrogen-bond donors (Lipinski definition) is 0. The van der Waals surface area contributed by atoms with Gasteiger partial charge >= 0.3 is 0 Å². The first-order chi connectivity index (χ1) is 8.61. The number of aryl methyl sites for hydroxylation is 1. The summed E-state index contributed by atoms with van der Waals surface area (Å²) in [5, 5.41) is 0. The minimum absolute atomic E-state index is 0.368. The van der Waals surface area contributed by atoms with E-state index in [1.165, 1.54) is 5.56 Å². The summed E-state index contributed by atoms with van der Waals surface area (Å²) in [6, 6.07) is 7.88. The highest BCUT2D eigenvalue weighted by Crippen LogP contribution is 2.29. The number of ether oxygens (including phenoxy) is 1. The maximum atomic E-state index is 5.90. The van der Waals surface area contributed by atoms with Crippen LogP contribution in [0.4, 0.5) is 0 Å². The van der Waals surface area contributed by atoms with E-state index in [4.69, 9.17) is 16.3 Å². The monoisotopic (exact) mass is 325 g/mol. The molecule has 0 fully saturated rings. The Kier molecular flexibility index (Phi) is 4.25. The standard InChI is InChI=1S/C14H13BrClNO/c1-9-4-3-5-13(10(9)2)18-14-11(7-16)6-12(15)8-17-14/h3-6,8H,7H2,1-2H3. The van der Waals surface area contributed by atoms with Crippen LogP contribution in [0.2, 0.25) is 0 Å². The molecule has 0 unspecified atom stereocenters. The molecule has 1 heterocycles. The van der Waals surface area contributed by atoms with Crippen LogP contribution in [0, 0.1) is 13.8 Å². The lowest BCUT2D eigenvalue weighted by atomic mass is 10.1. The zero-order valence-corrected chi connectivity index (χ0v) is 12.5. The van der Waals surface area contributed by atoms with E-state index in [-0.39, 0.29) is 0 Å². The maximum Gasteiger partial charge on any atom is 0.223 e. The van der Waals surface area contributed by atoms with Crippen LogP contribution >= 0.6 is 27.5 Å². The highest BCUT2D eigenvalue weighted by molar-refractivity contribution is 9.10. The van der Waals surface area contributed by atoms with Crippen LogP contribution in [0.25, 0.3) is 0 Å². The molecular weight excluding hydrogens is 314 g/mol. The van der Waals surface area contributed by atoms with E-state index in [1.54, 1.807) is 6.20 Å². The number of benzene rings is 1. The number of hydrogen-bond acceptors (Lipinski definition) is 2. The van der Waals surface area contributed by atoms with Gasteiger partial charge in [0.25, 0.3) is 0 Å². The van der Waals surface area contributed by atoms with Crippen LogP contribution in [0.5, 0.6) is 11.6 Å². The van der Waals surface area contributed by atoms with Crippen molar-refractivity contribution < 1.29 is 4.74 Å². The minimum atomic E-state index is 0.368. The largest absolute Gasteiger partial charge is 0.438 e. The number of halogens is 2. The maximum absolute atomic E-state index is 5.90. The third-order valence-electron chi connectivity index (χ3n) is 2.80. The lowest BCUT2D eigenvalue weighted by molar-refractivity contribution is 0.454. The van der Waals surface area contributed by atoms with Gasteiger partial charge in [0.1, 0.15) is 5.75 Å². The Labute approximate surface area is 120 Å². The Morgan fingerprint density at radius 3 is 2.83 bits per heavy atom. The summed E-state index contributed by atoms with van der Waals surface area (Å²) >= 11 is 9.27. The van der Waals surface area contributed by atoms with E-state index in [2.05, 4.69) is 33.9 Å². The van der Waals surface area contributed by atoms with E-state index in [0.29, 0.717) is 11.8 Å². The smallest absolute Gasteiger partial charge is 0.223 e. The van der Waals surface area contributed by atoms with Crippen molar-refractivity contribution in [2.24, 2.45) is 0 Å². The fourth-order valence-corrected chi connectivity index (χ4v) is 2.17. The molecule has 0 saturated carbocycles. The van der Waals surface area contributed by atoms with Gasteiger partial charge in [0.15, 0.2) is 0 Å². The van der Waals surface area contributed by atoms with Gasteiger partial charge in [-0.1, -0.05) is 12.1 Å². The summed E-state index contributed by atoms with van der Waals surface area (Å²) in [4.78, 5) is 4.26. The third kappa shape index (κ3) is 2.85. The molecule has 0 amide bonds. The van der Waals surface area contributed by atoms with Gasteiger partial charge in [-0.15, -0.1) is 11.6 Å². The molecule has 1 aromatic carbocycles. The molecule has 0 saturated heterocycles. The lowest BCUT2D eigenvalue weighted by Crippen LogP contribution is -1.95. The lowest BCUT2D eigenvalue weighted by Gasteiger charge is -2.12. The quantitative estimate of drug-likeness (QED) is 0.741. The fourth-order valence-electron chi connectivity index (χ4n) is 1.60. The molecular formula is C14H13BrClNO. The van der Waals surface area contributed by atoms with Gasteiger partial charge in [0.2, 0.25) is 5.88 Å². The first-order valence-corrected chi connectivity index (χ1v) is 6.89. The van der Waals surface area contributed by atoms with Gasteiger partial charge in [-0.05, 0) is 53.0 Å². The van der Waals surface area contributed by atoms with E-state index < -0.39 is 0 Å². The van der Waals surface area contributed by atoms with Crippen LogP contribution in [-0.2, 0) is 5.88 Å². The normalized spacial score (nSPS) is 10.4. The molecule has 0 atom stereocenters. The Morgan fingerprint density at radius 2 is 2.11 bits per heavy atom. The molecule has 0 aliphatic rings. The first kappa shape index (κ1) is 13.4. The van der Waals surface area contributed by atoms with E-state index in [9.17, 15) is 0 Å². The van der Waals surface area contributed by atoms with Crippen molar-refractivity contribution in [2.45, 2.75) is 19.7 Å². The molecule has 2 rings (SSSR count). The summed E-state index contributed by atoms with van der Waals surface area (Å²) in [6.45, 7) is 4.09. The van der Waals surface area contributed by atoms with Crippen LogP contribution in [0.3, 0.4) is 0 Å². The third-order valence-corrected chi connectivity index (χ3v) is 3.52. The topological polar surface area (TPSA) is 22.1 Å². The Balaban J connectivity index is 2.37. The Morgan fingerprint density at radius 1 is 1.33 bits per heavy atom. The Hall–Kier alpha value is -1.06. The summed E-state index contributed by atoms with van der Waals surface area (Å²) in [5.41, 5.74) is 3.17. The van der Waals surface area contributed by atoms with E-state index >= 15 is 0 Å². The molecule has 0 spiro atoms. The molecule has 2 aromatic rings. The van der Waals surface area contributed by atoms with Crippen molar-refractivity contribution in [1.29, 1.82) is 0 Å². The van der Waals surface area contributed by atoms with Gasteiger partial charge < -0.3 is 4.74 Å². The van der Waals surface area contributed by atoms with Crippen molar-refractivity contribution in [1.82, 2.24) is 4.98 Å². The average Bonchev–Trinajstić information content (AvgIpc) is 2.37. The minimum Gasteiger partial charge on any atom is -0.438 e. The first-order valence-electron chi connectivity index (χ1n) is 5.56. The second kappa shape index (κ2) is 5.72. The van der Waals surface area contributed by atoms with Crippen LogP contribution in [-0.4, -0.2) is 4.98 Å². The molecule has 0 N–H and O–H groups in total. The second-order valence-corrected chi connectivity index (χ2v) is 5.23. The predicted octanol–water partition coefficient (Wildman–Crippen LogP) is 4.99.